The number of ether oxygens (including phenoxy) is 1. The van der Waals surface area contributed by atoms with Gasteiger partial charge in [0.05, 0.1) is 4.47 Å². The summed E-state index contributed by atoms with van der Waals surface area (Å²) in [5.41, 5.74) is 2.11. The number of hydrogen-bond donors (Lipinski definition) is 1. The summed E-state index contributed by atoms with van der Waals surface area (Å²) in [4.78, 5) is 0. The normalized spacial score (nSPS) is 12.2. The molecule has 0 saturated heterocycles. The third-order valence-electron chi connectivity index (χ3n) is 3.27. The fourth-order valence-corrected chi connectivity index (χ4v) is 2.58. The van der Waals surface area contributed by atoms with Gasteiger partial charge < -0.3 is 10.1 Å². The first-order chi connectivity index (χ1) is 10.0. The fourth-order valence-electron chi connectivity index (χ4n) is 2.10. The number of rotatable bonds is 5. The van der Waals surface area contributed by atoms with Crippen molar-refractivity contribution in [2.45, 2.75) is 26.8 Å². The van der Waals surface area contributed by atoms with Gasteiger partial charge in [-0.2, -0.15) is 0 Å². The van der Waals surface area contributed by atoms with Gasteiger partial charge in [-0.3, -0.25) is 0 Å². The van der Waals surface area contributed by atoms with Gasteiger partial charge in [-0.1, -0.05) is 19.1 Å². The van der Waals surface area contributed by atoms with E-state index >= 15 is 0 Å². The first-order valence-electron chi connectivity index (χ1n) is 6.98. The quantitative estimate of drug-likeness (QED) is 0.782. The minimum atomic E-state index is -0.363. The highest BCUT2D eigenvalue weighted by molar-refractivity contribution is 9.10. The average molecular weight is 352 g/mol. The monoisotopic (exact) mass is 351 g/mol. The summed E-state index contributed by atoms with van der Waals surface area (Å²) in [6.45, 7) is 6.99. The van der Waals surface area contributed by atoms with Crippen molar-refractivity contribution >= 4 is 15.9 Å². The number of aryl methyl sites for hydroxylation is 1. The van der Waals surface area contributed by atoms with Gasteiger partial charge in [0.2, 0.25) is 0 Å². The summed E-state index contributed by atoms with van der Waals surface area (Å²) in [5, 5.41) is 3.35. The zero-order chi connectivity index (χ0) is 15.4. The smallest absolute Gasteiger partial charge is 0.165 e. The van der Waals surface area contributed by atoms with Crippen LogP contribution in [0, 0.1) is 12.7 Å². The lowest BCUT2D eigenvalue weighted by Crippen LogP contribution is -2.17. The van der Waals surface area contributed by atoms with E-state index in [9.17, 15) is 4.39 Å². The van der Waals surface area contributed by atoms with E-state index in [-0.39, 0.29) is 17.6 Å². The fraction of sp³-hybridized carbons (Fsp3) is 0.294. The summed E-state index contributed by atoms with van der Waals surface area (Å²) in [7, 11) is 0. The van der Waals surface area contributed by atoms with Crippen molar-refractivity contribution < 1.29 is 9.13 Å². The maximum atomic E-state index is 13.7. The molecule has 0 aromatic heterocycles. The van der Waals surface area contributed by atoms with E-state index in [1.54, 1.807) is 12.1 Å². The summed E-state index contributed by atoms with van der Waals surface area (Å²) >= 11 is 3.49. The molecule has 0 bridgehead atoms. The Labute approximate surface area is 133 Å². The van der Waals surface area contributed by atoms with Crippen molar-refractivity contribution in [1.82, 2.24) is 5.32 Å². The van der Waals surface area contributed by atoms with Crippen LogP contribution in [0.25, 0.3) is 0 Å². The van der Waals surface area contributed by atoms with E-state index in [4.69, 9.17) is 4.74 Å². The lowest BCUT2D eigenvalue weighted by molar-refractivity contribution is 0.439. The predicted octanol–water partition coefficient (Wildman–Crippen LogP) is 5.36. The topological polar surface area (TPSA) is 21.3 Å². The third-order valence-corrected chi connectivity index (χ3v) is 3.89. The molecule has 1 N–H and O–H groups in total. The lowest BCUT2D eigenvalue weighted by atomic mass is 10.1. The zero-order valence-electron chi connectivity index (χ0n) is 12.4. The van der Waals surface area contributed by atoms with Gasteiger partial charge in [0.1, 0.15) is 5.75 Å². The summed E-state index contributed by atoms with van der Waals surface area (Å²) in [5.74, 6) is 0.479. The highest BCUT2D eigenvalue weighted by Gasteiger charge is 2.10. The van der Waals surface area contributed by atoms with E-state index in [1.807, 2.05) is 25.1 Å². The molecule has 0 saturated carbocycles. The molecular formula is C17H19BrFNO. The molecule has 21 heavy (non-hydrogen) atoms. The zero-order valence-corrected chi connectivity index (χ0v) is 14.0. The van der Waals surface area contributed by atoms with Crippen molar-refractivity contribution in [2.75, 3.05) is 6.54 Å². The molecule has 0 fully saturated rings. The standard InChI is InChI=1S/C17H19BrFNO/c1-4-20-12(3)13-6-8-16(14(18)10-13)21-17-9-11(2)5-7-15(17)19/h5-10,12,20H,4H2,1-3H3. The van der Waals surface area contributed by atoms with Crippen molar-refractivity contribution in [3.8, 4) is 11.5 Å². The number of benzene rings is 2. The molecule has 2 aromatic rings. The van der Waals surface area contributed by atoms with Gasteiger partial charge in [0.15, 0.2) is 11.6 Å². The van der Waals surface area contributed by atoms with Gasteiger partial charge in [-0.15, -0.1) is 0 Å². The van der Waals surface area contributed by atoms with Crippen molar-refractivity contribution in [3.05, 3.63) is 57.8 Å². The van der Waals surface area contributed by atoms with Crippen LogP contribution >= 0.6 is 15.9 Å². The molecule has 1 unspecified atom stereocenters. The lowest BCUT2D eigenvalue weighted by Gasteiger charge is -2.15. The van der Waals surface area contributed by atoms with Crippen molar-refractivity contribution in [1.29, 1.82) is 0 Å². The molecule has 1 atom stereocenters. The second-order valence-electron chi connectivity index (χ2n) is 5.01. The van der Waals surface area contributed by atoms with Crippen molar-refractivity contribution in [3.63, 3.8) is 0 Å². The predicted molar refractivity (Wildman–Crippen MR) is 87.4 cm³/mol. The Morgan fingerprint density at radius 1 is 1.19 bits per heavy atom. The van der Waals surface area contributed by atoms with E-state index in [0.717, 1.165) is 22.1 Å². The van der Waals surface area contributed by atoms with E-state index < -0.39 is 0 Å². The highest BCUT2D eigenvalue weighted by atomic mass is 79.9. The minimum absolute atomic E-state index is 0.239. The Hall–Kier alpha value is -1.39. The van der Waals surface area contributed by atoms with Crippen LogP contribution in [0.2, 0.25) is 0 Å². The maximum Gasteiger partial charge on any atom is 0.165 e. The molecule has 2 aromatic carbocycles. The molecule has 4 heteroatoms. The van der Waals surface area contributed by atoms with Crippen LogP contribution in [0.4, 0.5) is 4.39 Å². The van der Waals surface area contributed by atoms with Crippen LogP contribution in [-0.2, 0) is 0 Å². The Bertz CT molecular complexity index is 630. The van der Waals surface area contributed by atoms with Gasteiger partial charge in [0, 0.05) is 6.04 Å². The maximum absolute atomic E-state index is 13.7. The van der Waals surface area contributed by atoms with Gasteiger partial charge in [-0.25, -0.2) is 4.39 Å². The number of halogens is 2. The second-order valence-corrected chi connectivity index (χ2v) is 5.86. The Kier molecular flexibility index (Phi) is 5.37. The molecule has 0 aliphatic carbocycles. The Morgan fingerprint density at radius 2 is 1.95 bits per heavy atom. The SMILES string of the molecule is CCNC(C)c1ccc(Oc2cc(C)ccc2F)c(Br)c1. The number of hydrogen-bond acceptors (Lipinski definition) is 2. The van der Waals surface area contributed by atoms with Gasteiger partial charge >= 0.3 is 0 Å². The summed E-state index contributed by atoms with van der Waals surface area (Å²) in [6, 6.07) is 10.9. The molecule has 0 amide bonds. The molecule has 0 aliphatic heterocycles. The van der Waals surface area contributed by atoms with Gasteiger partial charge in [0.25, 0.3) is 0 Å². The minimum Gasteiger partial charge on any atom is -0.453 e. The molecular weight excluding hydrogens is 333 g/mol. The molecule has 0 aliphatic rings. The first-order valence-corrected chi connectivity index (χ1v) is 7.77. The van der Waals surface area contributed by atoms with Crippen LogP contribution in [0.5, 0.6) is 11.5 Å². The molecule has 0 heterocycles. The largest absolute Gasteiger partial charge is 0.453 e. The van der Waals surface area contributed by atoms with Gasteiger partial charge in [-0.05, 0) is 71.7 Å². The first kappa shape index (κ1) is 16.0. The van der Waals surface area contributed by atoms with Crippen LogP contribution in [0.1, 0.15) is 31.0 Å². The van der Waals surface area contributed by atoms with Crippen molar-refractivity contribution in [2.24, 2.45) is 0 Å². The average Bonchev–Trinajstić information content (AvgIpc) is 2.45. The second kappa shape index (κ2) is 7.05. The van der Waals surface area contributed by atoms with E-state index in [2.05, 4.69) is 35.1 Å². The summed E-state index contributed by atoms with van der Waals surface area (Å²) in [6.07, 6.45) is 0. The van der Waals surface area contributed by atoms with Crippen LogP contribution < -0.4 is 10.1 Å². The Morgan fingerprint density at radius 3 is 2.62 bits per heavy atom. The van der Waals surface area contributed by atoms with Crippen LogP contribution in [0.15, 0.2) is 40.9 Å². The highest BCUT2D eigenvalue weighted by Crippen LogP contribution is 2.33. The summed E-state index contributed by atoms with van der Waals surface area (Å²) < 4.78 is 20.2. The van der Waals surface area contributed by atoms with E-state index in [1.165, 1.54) is 6.07 Å². The molecule has 112 valence electrons. The molecule has 0 spiro atoms. The van der Waals surface area contributed by atoms with Crippen LogP contribution in [0.3, 0.4) is 0 Å². The third kappa shape index (κ3) is 4.05. The molecule has 2 rings (SSSR count). The van der Waals surface area contributed by atoms with E-state index in [0.29, 0.717) is 5.75 Å². The molecule has 0 radical (unpaired) electrons. The molecule has 2 nitrogen and oxygen atoms in total. The number of nitrogens with one attached hydrogen (secondary N) is 1. The van der Waals surface area contributed by atoms with Crippen LogP contribution in [-0.4, -0.2) is 6.54 Å². The Balaban J connectivity index is 2.23.